The molecular weight excluding hydrogens is 324 g/mol. The third-order valence-corrected chi connectivity index (χ3v) is 4.19. The minimum absolute atomic E-state index is 0.448. The van der Waals surface area contributed by atoms with Crippen molar-refractivity contribution in [3.63, 3.8) is 0 Å². The molecule has 0 saturated heterocycles. The van der Waals surface area contributed by atoms with Gasteiger partial charge in [0.1, 0.15) is 5.82 Å². The molecule has 0 fully saturated rings. The minimum Gasteiger partial charge on any atom is -0.298 e. The fraction of sp³-hybridized carbons (Fsp3) is 0.167. The number of hydrogen-bond donors (Lipinski definition) is 0. The second-order valence-electron chi connectivity index (χ2n) is 5.32. The van der Waals surface area contributed by atoms with Gasteiger partial charge in [-0.1, -0.05) is 56.3 Å². The van der Waals surface area contributed by atoms with Crippen LogP contribution in [0.4, 0.5) is 0 Å². The standard InChI is InChI=1S/C18H17BrN2/c1-13(2)15-9-6-10-16(19)17(15)21-12-11-20-18(21)14-7-4-3-5-8-14/h3-13H,1-2H3. The second kappa shape index (κ2) is 5.86. The van der Waals surface area contributed by atoms with Crippen LogP contribution < -0.4 is 0 Å². The lowest BCUT2D eigenvalue weighted by atomic mass is 10.0. The van der Waals surface area contributed by atoms with E-state index in [1.165, 1.54) is 11.3 Å². The van der Waals surface area contributed by atoms with E-state index >= 15 is 0 Å². The van der Waals surface area contributed by atoms with Gasteiger partial charge >= 0.3 is 0 Å². The van der Waals surface area contributed by atoms with Crippen molar-refractivity contribution < 1.29 is 0 Å². The van der Waals surface area contributed by atoms with E-state index in [0.717, 1.165) is 15.9 Å². The summed E-state index contributed by atoms with van der Waals surface area (Å²) in [7, 11) is 0. The molecular formula is C18H17BrN2. The second-order valence-corrected chi connectivity index (χ2v) is 6.17. The Bertz CT molecular complexity index is 745. The Morgan fingerprint density at radius 3 is 2.48 bits per heavy atom. The number of hydrogen-bond acceptors (Lipinski definition) is 1. The zero-order valence-electron chi connectivity index (χ0n) is 12.1. The summed E-state index contributed by atoms with van der Waals surface area (Å²) in [4.78, 5) is 4.55. The van der Waals surface area contributed by atoms with Gasteiger partial charge in [0.15, 0.2) is 0 Å². The summed E-state index contributed by atoms with van der Waals surface area (Å²) in [5.41, 5.74) is 3.59. The zero-order valence-corrected chi connectivity index (χ0v) is 13.7. The highest BCUT2D eigenvalue weighted by molar-refractivity contribution is 9.10. The smallest absolute Gasteiger partial charge is 0.144 e. The number of halogens is 1. The third kappa shape index (κ3) is 2.66. The minimum atomic E-state index is 0.448. The van der Waals surface area contributed by atoms with Crippen molar-refractivity contribution in [1.82, 2.24) is 9.55 Å². The van der Waals surface area contributed by atoms with Crippen LogP contribution in [0.1, 0.15) is 25.3 Å². The van der Waals surface area contributed by atoms with E-state index in [-0.39, 0.29) is 0 Å². The molecule has 0 N–H and O–H groups in total. The van der Waals surface area contributed by atoms with Crippen LogP contribution in [0.2, 0.25) is 0 Å². The fourth-order valence-electron chi connectivity index (χ4n) is 2.54. The lowest BCUT2D eigenvalue weighted by molar-refractivity contribution is 0.845. The molecule has 0 spiro atoms. The first-order valence-electron chi connectivity index (χ1n) is 7.06. The van der Waals surface area contributed by atoms with Crippen LogP contribution in [0.3, 0.4) is 0 Å². The Hall–Kier alpha value is -1.87. The maximum Gasteiger partial charge on any atom is 0.144 e. The first kappa shape index (κ1) is 14.1. The number of benzene rings is 2. The van der Waals surface area contributed by atoms with E-state index in [1.54, 1.807) is 0 Å². The fourth-order valence-corrected chi connectivity index (χ4v) is 3.11. The maximum atomic E-state index is 4.55. The summed E-state index contributed by atoms with van der Waals surface area (Å²) in [5, 5.41) is 0. The number of aromatic nitrogens is 2. The quantitative estimate of drug-likeness (QED) is 0.621. The summed E-state index contributed by atoms with van der Waals surface area (Å²) in [6.45, 7) is 4.43. The van der Waals surface area contributed by atoms with E-state index in [0.29, 0.717) is 5.92 Å². The van der Waals surface area contributed by atoms with Crippen LogP contribution in [0.15, 0.2) is 65.4 Å². The van der Waals surface area contributed by atoms with Crippen LogP contribution in [-0.4, -0.2) is 9.55 Å². The van der Waals surface area contributed by atoms with Gasteiger partial charge in [-0.2, -0.15) is 0 Å². The van der Waals surface area contributed by atoms with Crippen LogP contribution in [0.25, 0.3) is 17.1 Å². The first-order chi connectivity index (χ1) is 10.2. The third-order valence-electron chi connectivity index (χ3n) is 3.55. The van der Waals surface area contributed by atoms with Crippen molar-refractivity contribution in [2.75, 3.05) is 0 Å². The van der Waals surface area contributed by atoms with Gasteiger partial charge in [0.25, 0.3) is 0 Å². The molecule has 3 heteroatoms. The maximum absolute atomic E-state index is 4.55. The molecule has 3 aromatic rings. The molecule has 0 amide bonds. The van der Waals surface area contributed by atoms with Crippen molar-refractivity contribution in [2.24, 2.45) is 0 Å². The SMILES string of the molecule is CC(C)c1cccc(Br)c1-n1ccnc1-c1ccccc1. The van der Waals surface area contributed by atoms with Gasteiger partial charge in [0.05, 0.1) is 5.69 Å². The molecule has 21 heavy (non-hydrogen) atoms. The Labute approximate surface area is 133 Å². The number of nitrogens with zero attached hydrogens (tertiary/aromatic N) is 2. The predicted molar refractivity (Wildman–Crippen MR) is 90.8 cm³/mol. The first-order valence-corrected chi connectivity index (χ1v) is 7.85. The number of imidazole rings is 1. The Kier molecular flexibility index (Phi) is 3.93. The summed E-state index contributed by atoms with van der Waals surface area (Å²) in [6.07, 6.45) is 3.88. The molecule has 0 bridgehead atoms. The summed E-state index contributed by atoms with van der Waals surface area (Å²) in [6, 6.07) is 16.6. The van der Waals surface area contributed by atoms with Crippen molar-refractivity contribution in [3.05, 3.63) is 71.0 Å². The zero-order chi connectivity index (χ0) is 14.8. The molecule has 0 aliphatic carbocycles. The normalized spacial score (nSPS) is 11.0. The molecule has 2 aromatic carbocycles. The van der Waals surface area contributed by atoms with Gasteiger partial charge in [-0.3, -0.25) is 4.57 Å². The topological polar surface area (TPSA) is 17.8 Å². The van der Waals surface area contributed by atoms with Crippen LogP contribution >= 0.6 is 15.9 Å². The summed E-state index contributed by atoms with van der Waals surface area (Å²) in [5.74, 6) is 1.41. The van der Waals surface area contributed by atoms with Gasteiger partial charge in [-0.15, -0.1) is 0 Å². The van der Waals surface area contributed by atoms with E-state index in [4.69, 9.17) is 0 Å². The van der Waals surface area contributed by atoms with Crippen molar-refractivity contribution >= 4 is 15.9 Å². The molecule has 106 valence electrons. The summed E-state index contributed by atoms with van der Waals surface area (Å²) >= 11 is 3.69. The van der Waals surface area contributed by atoms with Gasteiger partial charge < -0.3 is 0 Å². The Morgan fingerprint density at radius 2 is 1.76 bits per heavy atom. The van der Waals surface area contributed by atoms with Crippen LogP contribution in [0.5, 0.6) is 0 Å². The molecule has 1 heterocycles. The molecule has 1 aromatic heterocycles. The van der Waals surface area contributed by atoms with E-state index in [1.807, 2.05) is 30.6 Å². The highest BCUT2D eigenvalue weighted by Gasteiger charge is 2.15. The molecule has 0 atom stereocenters. The lowest BCUT2D eigenvalue weighted by Gasteiger charge is -2.17. The number of para-hydroxylation sites is 1. The van der Waals surface area contributed by atoms with Crippen molar-refractivity contribution in [1.29, 1.82) is 0 Å². The average Bonchev–Trinajstić information content (AvgIpc) is 2.96. The number of rotatable bonds is 3. The average molecular weight is 341 g/mol. The van der Waals surface area contributed by atoms with E-state index in [2.05, 4.69) is 69.7 Å². The molecule has 0 aliphatic heterocycles. The molecule has 2 nitrogen and oxygen atoms in total. The predicted octanol–water partition coefficient (Wildman–Crippen LogP) is 5.43. The Morgan fingerprint density at radius 1 is 1.00 bits per heavy atom. The largest absolute Gasteiger partial charge is 0.298 e. The Balaban J connectivity index is 2.22. The van der Waals surface area contributed by atoms with Gasteiger partial charge in [-0.25, -0.2) is 4.98 Å². The monoisotopic (exact) mass is 340 g/mol. The molecule has 0 unspecified atom stereocenters. The van der Waals surface area contributed by atoms with Gasteiger partial charge in [-0.05, 0) is 33.5 Å². The van der Waals surface area contributed by atoms with Crippen molar-refractivity contribution in [2.45, 2.75) is 19.8 Å². The summed E-state index contributed by atoms with van der Waals surface area (Å²) < 4.78 is 3.25. The highest BCUT2D eigenvalue weighted by Crippen LogP contribution is 2.32. The van der Waals surface area contributed by atoms with E-state index < -0.39 is 0 Å². The molecule has 0 radical (unpaired) electrons. The van der Waals surface area contributed by atoms with Gasteiger partial charge in [0, 0.05) is 22.4 Å². The highest BCUT2D eigenvalue weighted by atomic mass is 79.9. The van der Waals surface area contributed by atoms with E-state index in [9.17, 15) is 0 Å². The molecule has 0 saturated carbocycles. The van der Waals surface area contributed by atoms with Gasteiger partial charge in [0.2, 0.25) is 0 Å². The van der Waals surface area contributed by atoms with Crippen LogP contribution in [0, 0.1) is 0 Å². The lowest BCUT2D eigenvalue weighted by Crippen LogP contribution is -2.03. The molecule has 3 rings (SSSR count). The van der Waals surface area contributed by atoms with Crippen LogP contribution in [-0.2, 0) is 0 Å². The van der Waals surface area contributed by atoms with Crippen molar-refractivity contribution in [3.8, 4) is 17.1 Å². The molecule has 0 aliphatic rings.